The Kier molecular flexibility index (Phi) is 5.09. The molecule has 146 valence electrons. The fourth-order valence-corrected chi connectivity index (χ4v) is 3.80. The molecule has 1 aliphatic rings. The van der Waals surface area contributed by atoms with Gasteiger partial charge in [0.1, 0.15) is 0 Å². The Morgan fingerprint density at radius 1 is 1.04 bits per heavy atom. The van der Waals surface area contributed by atoms with Gasteiger partial charge in [-0.1, -0.05) is 0 Å². The van der Waals surface area contributed by atoms with Crippen molar-refractivity contribution in [3.05, 3.63) is 58.7 Å². The number of carbonyl (C=O) groups is 3. The Morgan fingerprint density at radius 2 is 1.64 bits per heavy atom. The highest BCUT2D eigenvalue weighted by Gasteiger charge is 2.33. The lowest BCUT2D eigenvalue weighted by atomic mass is 9.89. The molecule has 5 N–H and O–H groups in total. The molecule has 0 fully saturated rings. The maximum Gasteiger partial charge on any atom is 0.248 e. The number of fused-ring (bicyclic) bond motifs is 1. The summed E-state index contributed by atoms with van der Waals surface area (Å²) in [5, 5.41) is 3.49. The minimum absolute atomic E-state index is 0.0212. The average Bonchev–Trinajstić information content (AvgIpc) is 2.62. The molecule has 0 saturated heterocycles. The lowest BCUT2D eigenvalue weighted by molar-refractivity contribution is -0.117. The maximum atomic E-state index is 12.2. The summed E-state index contributed by atoms with van der Waals surface area (Å²) in [5.41, 5.74) is 15.0. The van der Waals surface area contributed by atoms with Crippen molar-refractivity contribution in [3.8, 4) is 0 Å². The molecule has 2 unspecified atom stereocenters. The van der Waals surface area contributed by atoms with Crippen molar-refractivity contribution in [1.82, 2.24) is 0 Å². The third kappa shape index (κ3) is 3.55. The number of hydrogen-bond acceptors (Lipinski definition) is 4. The summed E-state index contributed by atoms with van der Waals surface area (Å²) in [6, 6.07) is 10.2. The Labute approximate surface area is 163 Å². The summed E-state index contributed by atoms with van der Waals surface area (Å²) < 4.78 is 0. The fraction of sp³-hybridized carbons (Fsp3) is 0.286. The zero-order valence-corrected chi connectivity index (χ0v) is 16.2. The van der Waals surface area contributed by atoms with Crippen LogP contribution in [-0.2, 0) is 4.79 Å². The number of amides is 3. The molecule has 2 aromatic carbocycles. The standard InChI is InChI=1S/C21H24N4O3/c1-11-8-14(20(22)27)4-6-17(11)24-18-9-12(2)25(13(3)26)19-7-5-15(21(23)28)10-16(18)19/h4-8,10,12,18,24H,9H2,1-3H3,(H2,22,27)(H2,23,28). The normalized spacial score (nSPS) is 18.3. The number of nitrogens with zero attached hydrogens (tertiary/aromatic N) is 1. The largest absolute Gasteiger partial charge is 0.378 e. The van der Waals surface area contributed by atoms with Crippen molar-refractivity contribution >= 4 is 29.1 Å². The molecule has 0 aromatic heterocycles. The number of nitrogens with two attached hydrogens (primary N) is 2. The van der Waals surface area contributed by atoms with Gasteiger partial charge in [-0.05, 0) is 67.8 Å². The maximum absolute atomic E-state index is 12.2. The highest BCUT2D eigenvalue weighted by Crippen LogP contribution is 2.40. The molecule has 0 aliphatic carbocycles. The van der Waals surface area contributed by atoms with Crippen LogP contribution < -0.4 is 21.7 Å². The van der Waals surface area contributed by atoms with E-state index < -0.39 is 11.8 Å². The Balaban J connectivity index is 2.03. The van der Waals surface area contributed by atoms with Crippen LogP contribution in [0.5, 0.6) is 0 Å². The van der Waals surface area contributed by atoms with Gasteiger partial charge in [-0.15, -0.1) is 0 Å². The van der Waals surface area contributed by atoms with Gasteiger partial charge in [0.15, 0.2) is 0 Å². The van der Waals surface area contributed by atoms with E-state index in [0.29, 0.717) is 17.5 Å². The van der Waals surface area contributed by atoms with Crippen LogP contribution in [0.1, 0.15) is 58.2 Å². The van der Waals surface area contributed by atoms with Gasteiger partial charge in [0.2, 0.25) is 17.7 Å². The van der Waals surface area contributed by atoms with E-state index in [4.69, 9.17) is 11.5 Å². The van der Waals surface area contributed by atoms with E-state index in [1.54, 1.807) is 35.2 Å². The molecule has 2 aromatic rings. The van der Waals surface area contributed by atoms with Crippen LogP contribution in [0.15, 0.2) is 36.4 Å². The van der Waals surface area contributed by atoms with Gasteiger partial charge in [0.05, 0.1) is 6.04 Å². The molecule has 0 saturated carbocycles. The molecule has 2 atom stereocenters. The first kappa shape index (κ1) is 19.4. The highest BCUT2D eigenvalue weighted by molar-refractivity contribution is 5.97. The van der Waals surface area contributed by atoms with Crippen LogP contribution >= 0.6 is 0 Å². The van der Waals surface area contributed by atoms with Gasteiger partial charge in [-0.2, -0.15) is 0 Å². The van der Waals surface area contributed by atoms with E-state index in [1.165, 1.54) is 6.92 Å². The Morgan fingerprint density at radius 3 is 2.21 bits per heavy atom. The second-order valence-electron chi connectivity index (χ2n) is 7.20. The number of primary amides is 2. The molecule has 7 heteroatoms. The molecule has 3 amide bonds. The summed E-state index contributed by atoms with van der Waals surface area (Å²) in [6.07, 6.45) is 0.659. The smallest absolute Gasteiger partial charge is 0.248 e. The molecule has 1 heterocycles. The van der Waals surface area contributed by atoms with Crippen molar-refractivity contribution in [1.29, 1.82) is 0 Å². The number of aryl methyl sites for hydroxylation is 1. The minimum Gasteiger partial charge on any atom is -0.378 e. The monoisotopic (exact) mass is 380 g/mol. The molecular weight excluding hydrogens is 356 g/mol. The van der Waals surface area contributed by atoms with Gasteiger partial charge in [-0.25, -0.2) is 0 Å². The third-order valence-corrected chi connectivity index (χ3v) is 5.14. The van der Waals surface area contributed by atoms with Crippen molar-refractivity contribution in [3.63, 3.8) is 0 Å². The van der Waals surface area contributed by atoms with Gasteiger partial charge < -0.3 is 21.7 Å². The second kappa shape index (κ2) is 7.34. The van der Waals surface area contributed by atoms with Crippen LogP contribution in [-0.4, -0.2) is 23.8 Å². The van der Waals surface area contributed by atoms with Crippen LogP contribution in [0.25, 0.3) is 0 Å². The fourth-order valence-electron chi connectivity index (χ4n) is 3.80. The highest BCUT2D eigenvalue weighted by atomic mass is 16.2. The predicted molar refractivity (Wildman–Crippen MR) is 108 cm³/mol. The van der Waals surface area contributed by atoms with Crippen molar-refractivity contribution in [2.45, 2.75) is 39.3 Å². The first-order valence-electron chi connectivity index (χ1n) is 9.09. The van der Waals surface area contributed by atoms with E-state index >= 15 is 0 Å². The zero-order valence-electron chi connectivity index (χ0n) is 16.2. The molecule has 28 heavy (non-hydrogen) atoms. The summed E-state index contributed by atoms with van der Waals surface area (Å²) in [7, 11) is 0. The van der Waals surface area contributed by atoms with Gasteiger partial charge in [0.25, 0.3) is 0 Å². The lowest BCUT2D eigenvalue weighted by Crippen LogP contribution is -2.43. The quantitative estimate of drug-likeness (QED) is 0.755. The van der Waals surface area contributed by atoms with Gasteiger partial charge >= 0.3 is 0 Å². The van der Waals surface area contributed by atoms with E-state index in [-0.39, 0.29) is 18.0 Å². The number of benzene rings is 2. The predicted octanol–water partition coefficient (Wildman–Crippen LogP) is 2.49. The summed E-state index contributed by atoms with van der Waals surface area (Å²) in [4.78, 5) is 37.0. The molecule has 3 rings (SSSR count). The summed E-state index contributed by atoms with van der Waals surface area (Å²) in [6.45, 7) is 5.41. The average molecular weight is 380 g/mol. The Bertz CT molecular complexity index is 970. The van der Waals surface area contributed by atoms with Crippen LogP contribution in [0.4, 0.5) is 11.4 Å². The topological polar surface area (TPSA) is 119 Å². The number of anilines is 2. The lowest BCUT2D eigenvalue weighted by Gasteiger charge is -2.40. The number of hydrogen-bond donors (Lipinski definition) is 3. The number of carbonyl (C=O) groups excluding carboxylic acids is 3. The van der Waals surface area contributed by atoms with E-state index in [0.717, 1.165) is 22.5 Å². The zero-order chi connectivity index (χ0) is 20.6. The molecular formula is C21H24N4O3. The first-order valence-corrected chi connectivity index (χ1v) is 9.09. The molecule has 7 nitrogen and oxygen atoms in total. The van der Waals surface area contributed by atoms with E-state index in [9.17, 15) is 14.4 Å². The van der Waals surface area contributed by atoms with Crippen molar-refractivity contribution in [2.24, 2.45) is 11.5 Å². The van der Waals surface area contributed by atoms with E-state index in [1.807, 2.05) is 19.9 Å². The first-order chi connectivity index (χ1) is 13.2. The summed E-state index contributed by atoms with van der Waals surface area (Å²) >= 11 is 0. The SMILES string of the molecule is CC(=O)N1c2ccc(C(N)=O)cc2C(Nc2ccc(C(N)=O)cc2C)CC1C. The summed E-state index contributed by atoms with van der Waals surface area (Å²) in [5.74, 6) is -1.05. The molecule has 0 spiro atoms. The van der Waals surface area contributed by atoms with Crippen LogP contribution in [0, 0.1) is 6.92 Å². The third-order valence-electron chi connectivity index (χ3n) is 5.14. The Hall–Kier alpha value is -3.35. The molecule has 0 radical (unpaired) electrons. The van der Waals surface area contributed by atoms with Crippen molar-refractivity contribution in [2.75, 3.05) is 10.2 Å². The molecule has 0 bridgehead atoms. The number of rotatable bonds is 4. The van der Waals surface area contributed by atoms with Crippen LogP contribution in [0.3, 0.4) is 0 Å². The number of nitrogens with one attached hydrogen (secondary N) is 1. The van der Waals surface area contributed by atoms with Crippen LogP contribution in [0.2, 0.25) is 0 Å². The van der Waals surface area contributed by atoms with E-state index in [2.05, 4.69) is 5.32 Å². The van der Waals surface area contributed by atoms with Gasteiger partial charge in [-0.3, -0.25) is 14.4 Å². The minimum atomic E-state index is -0.517. The van der Waals surface area contributed by atoms with Crippen molar-refractivity contribution < 1.29 is 14.4 Å². The van der Waals surface area contributed by atoms with Gasteiger partial charge in [0, 0.05) is 35.5 Å². The second-order valence-corrected chi connectivity index (χ2v) is 7.20. The molecule has 1 aliphatic heterocycles.